The molecule has 0 aromatic heterocycles. The summed E-state index contributed by atoms with van der Waals surface area (Å²) < 4.78 is 5.62. The minimum atomic E-state index is 0.0280. The van der Waals surface area contributed by atoms with Crippen LogP contribution in [0.2, 0.25) is 0 Å². The maximum absolute atomic E-state index is 12.5. The Morgan fingerprint density at radius 3 is 2.84 bits per heavy atom. The van der Waals surface area contributed by atoms with E-state index in [0.717, 1.165) is 23.5 Å². The third-order valence-electron chi connectivity index (χ3n) is 4.09. The van der Waals surface area contributed by atoms with Crippen molar-refractivity contribution in [1.29, 1.82) is 0 Å². The summed E-state index contributed by atoms with van der Waals surface area (Å²) in [5.74, 6) is 0.860. The minimum absolute atomic E-state index is 0.0280. The fourth-order valence-electron chi connectivity index (χ4n) is 3.00. The lowest BCUT2D eigenvalue weighted by Gasteiger charge is -2.33. The van der Waals surface area contributed by atoms with Gasteiger partial charge in [-0.2, -0.15) is 0 Å². The van der Waals surface area contributed by atoms with E-state index in [4.69, 9.17) is 4.74 Å². The van der Waals surface area contributed by atoms with E-state index < -0.39 is 0 Å². The zero-order valence-electron chi connectivity index (χ0n) is 14.7. The van der Waals surface area contributed by atoms with Gasteiger partial charge in [0.15, 0.2) is 0 Å². The Kier molecular flexibility index (Phi) is 5.87. The van der Waals surface area contributed by atoms with E-state index in [1.165, 1.54) is 4.90 Å². The minimum Gasteiger partial charge on any atom is -0.494 e. The zero-order valence-corrected chi connectivity index (χ0v) is 15.5. The molecule has 1 heterocycles. The van der Waals surface area contributed by atoms with Crippen LogP contribution in [0, 0.1) is 0 Å². The maximum Gasteiger partial charge on any atom is 0.239 e. The molecule has 2 aromatic rings. The number of para-hydroxylation sites is 2. The maximum atomic E-state index is 12.5. The first-order valence-electron chi connectivity index (χ1n) is 8.65. The normalized spacial score (nSPS) is 16.2. The van der Waals surface area contributed by atoms with Crippen molar-refractivity contribution < 1.29 is 9.53 Å². The highest BCUT2D eigenvalue weighted by molar-refractivity contribution is 8.00. The van der Waals surface area contributed by atoms with Crippen LogP contribution in [0.1, 0.15) is 19.4 Å². The van der Waals surface area contributed by atoms with Crippen LogP contribution in [0.5, 0.6) is 5.75 Å². The molecule has 1 aliphatic heterocycles. The van der Waals surface area contributed by atoms with Crippen molar-refractivity contribution in [3.8, 4) is 5.75 Å². The number of thioether (sulfide) groups is 1. The summed E-state index contributed by atoms with van der Waals surface area (Å²) in [6.45, 7) is 6.51. The summed E-state index contributed by atoms with van der Waals surface area (Å²) in [6, 6.07) is 16.1. The lowest BCUT2D eigenvalue weighted by Crippen LogP contribution is -2.41. The molecule has 2 aromatic carbocycles. The Labute approximate surface area is 153 Å². The van der Waals surface area contributed by atoms with Crippen LogP contribution in [0.25, 0.3) is 0 Å². The van der Waals surface area contributed by atoms with E-state index in [9.17, 15) is 4.79 Å². The molecule has 132 valence electrons. The number of ether oxygens (including phenoxy) is 1. The molecule has 1 aliphatic rings. The van der Waals surface area contributed by atoms with Gasteiger partial charge in [-0.15, -0.1) is 11.8 Å². The van der Waals surface area contributed by atoms with Crippen LogP contribution in [0.15, 0.2) is 53.4 Å². The molecule has 3 rings (SSSR count). The highest BCUT2D eigenvalue weighted by atomic mass is 32.2. The second kappa shape index (κ2) is 8.30. The van der Waals surface area contributed by atoms with Gasteiger partial charge in [-0.25, -0.2) is 0 Å². The molecule has 0 saturated carbocycles. The zero-order chi connectivity index (χ0) is 17.6. The molecular weight excluding hydrogens is 332 g/mol. The fourth-order valence-corrected chi connectivity index (χ4v) is 4.16. The third kappa shape index (κ3) is 4.48. The molecule has 0 unspecified atom stereocenters. The van der Waals surface area contributed by atoms with Gasteiger partial charge in [0.2, 0.25) is 5.91 Å². The molecule has 1 N–H and O–H groups in total. The SMILES string of the molecule is CCOc1ccccc1CNC(=O)CN1C[C@@H](C)Sc2ccccc21. The van der Waals surface area contributed by atoms with E-state index in [1.54, 1.807) is 0 Å². The predicted molar refractivity (Wildman–Crippen MR) is 103 cm³/mol. The molecule has 0 spiro atoms. The number of carbonyl (C=O) groups excluding carboxylic acids is 1. The van der Waals surface area contributed by atoms with Crippen molar-refractivity contribution in [1.82, 2.24) is 5.32 Å². The van der Waals surface area contributed by atoms with Gasteiger partial charge in [0.25, 0.3) is 0 Å². The van der Waals surface area contributed by atoms with Crippen LogP contribution in [0.4, 0.5) is 5.69 Å². The summed E-state index contributed by atoms with van der Waals surface area (Å²) in [7, 11) is 0. The topological polar surface area (TPSA) is 41.6 Å². The van der Waals surface area contributed by atoms with E-state index in [0.29, 0.717) is 24.9 Å². The lowest BCUT2D eigenvalue weighted by molar-refractivity contribution is -0.119. The Morgan fingerprint density at radius 2 is 2.00 bits per heavy atom. The van der Waals surface area contributed by atoms with E-state index in [1.807, 2.05) is 55.1 Å². The van der Waals surface area contributed by atoms with Crippen molar-refractivity contribution in [3.05, 3.63) is 54.1 Å². The van der Waals surface area contributed by atoms with Gasteiger partial charge in [0.1, 0.15) is 5.75 Å². The summed E-state index contributed by atoms with van der Waals surface area (Å²) in [6.07, 6.45) is 0. The lowest BCUT2D eigenvalue weighted by atomic mass is 10.2. The fraction of sp³-hybridized carbons (Fsp3) is 0.350. The molecule has 25 heavy (non-hydrogen) atoms. The predicted octanol–water partition coefficient (Wildman–Crippen LogP) is 3.70. The van der Waals surface area contributed by atoms with Crippen molar-refractivity contribution in [2.75, 3.05) is 24.6 Å². The third-order valence-corrected chi connectivity index (χ3v) is 5.25. The molecule has 0 bridgehead atoms. The van der Waals surface area contributed by atoms with Crippen molar-refractivity contribution >= 4 is 23.4 Å². The smallest absolute Gasteiger partial charge is 0.239 e. The molecule has 5 heteroatoms. The van der Waals surface area contributed by atoms with Gasteiger partial charge in [-0.3, -0.25) is 4.79 Å². The number of hydrogen-bond acceptors (Lipinski definition) is 4. The highest BCUT2D eigenvalue weighted by Crippen LogP contribution is 2.37. The highest BCUT2D eigenvalue weighted by Gasteiger charge is 2.23. The Hall–Kier alpha value is -2.14. The standard InChI is InChI=1S/C20H24N2O2S/c1-3-24-18-10-6-4-8-16(18)12-21-20(23)14-22-13-15(2)25-19-11-7-5-9-17(19)22/h4-11,15H,3,12-14H2,1-2H3,(H,21,23)/t15-/m1/s1. The van der Waals surface area contributed by atoms with E-state index in [-0.39, 0.29) is 5.91 Å². The number of rotatable bonds is 6. The van der Waals surface area contributed by atoms with Crippen LogP contribution in [-0.2, 0) is 11.3 Å². The number of benzene rings is 2. The molecular formula is C20H24N2O2S. The van der Waals surface area contributed by atoms with Crippen LogP contribution in [-0.4, -0.2) is 30.9 Å². The Morgan fingerprint density at radius 1 is 1.24 bits per heavy atom. The van der Waals surface area contributed by atoms with Gasteiger partial charge in [0, 0.05) is 28.8 Å². The Balaban J connectivity index is 1.62. The van der Waals surface area contributed by atoms with Crippen molar-refractivity contribution in [2.24, 2.45) is 0 Å². The van der Waals surface area contributed by atoms with Crippen molar-refractivity contribution in [2.45, 2.75) is 30.5 Å². The van der Waals surface area contributed by atoms with Crippen LogP contribution >= 0.6 is 11.8 Å². The second-order valence-electron chi connectivity index (χ2n) is 6.09. The van der Waals surface area contributed by atoms with Gasteiger partial charge in [0.05, 0.1) is 18.8 Å². The van der Waals surface area contributed by atoms with Gasteiger partial charge >= 0.3 is 0 Å². The summed E-state index contributed by atoms with van der Waals surface area (Å²) in [5, 5.41) is 3.50. The van der Waals surface area contributed by atoms with E-state index in [2.05, 4.69) is 29.3 Å². The van der Waals surface area contributed by atoms with Gasteiger partial charge in [-0.1, -0.05) is 37.3 Å². The number of nitrogens with zero attached hydrogens (tertiary/aromatic N) is 1. The first-order chi connectivity index (χ1) is 12.2. The number of hydrogen-bond donors (Lipinski definition) is 1. The van der Waals surface area contributed by atoms with Gasteiger partial charge < -0.3 is 15.0 Å². The monoisotopic (exact) mass is 356 g/mol. The number of amides is 1. The number of carbonyl (C=O) groups is 1. The second-order valence-corrected chi connectivity index (χ2v) is 7.57. The van der Waals surface area contributed by atoms with Crippen molar-refractivity contribution in [3.63, 3.8) is 0 Å². The number of fused-ring (bicyclic) bond motifs is 1. The first-order valence-corrected chi connectivity index (χ1v) is 9.53. The average Bonchev–Trinajstić information content (AvgIpc) is 2.61. The molecule has 0 aliphatic carbocycles. The summed E-state index contributed by atoms with van der Waals surface area (Å²) in [4.78, 5) is 15.9. The molecule has 0 radical (unpaired) electrons. The van der Waals surface area contributed by atoms with E-state index >= 15 is 0 Å². The largest absolute Gasteiger partial charge is 0.494 e. The quantitative estimate of drug-likeness (QED) is 0.857. The van der Waals surface area contributed by atoms with Crippen LogP contribution < -0.4 is 15.0 Å². The Bertz CT molecular complexity index is 735. The first kappa shape index (κ1) is 17.7. The number of anilines is 1. The van der Waals surface area contributed by atoms with Gasteiger partial charge in [-0.05, 0) is 25.1 Å². The summed E-state index contributed by atoms with van der Waals surface area (Å²) in [5.41, 5.74) is 2.15. The number of nitrogens with one attached hydrogen (secondary N) is 1. The molecule has 1 amide bonds. The average molecular weight is 356 g/mol. The molecule has 0 fully saturated rings. The molecule has 4 nitrogen and oxygen atoms in total. The van der Waals surface area contributed by atoms with Crippen LogP contribution in [0.3, 0.4) is 0 Å². The summed E-state index contributed by atoms with van der Waals surface area (Å²) >= 11 is 1.87. The molecule has 0 saturated heterocycles. The molecule has 1 atom stereocenters.